The zero-order chi connectivity index (χ0) is 13.5. The summed E-state index contributed by atoms with van der Waals surface area (Å²) in [6.45, 7) is 8.22. The van der Waals surface area contributed by atoms with Gasteiger partial charge in [0.15, 0.2) is 0 Å². The number of nitrogen functional groups attached to an aromatic ring is 1. The van der Waals surface area contributed by atoms with Crippen LogP contribution in [0.1, 0.15) is 30.9 Å². The Kier molecular flexibility index (Phi) is 5.25. The van der Waals surface area contributed by atoms with E-state index in [1.807, 2.05) is 37.3 Å². The van der Waals surface area contributed by atoms with Crippen molar-refractivity contribution >= 4 is 11.3 Å². The maximum atomic E-state index is 6.02. The first-order valence-corrected chi connectivity index (χ1v) is 6.24. The van der Waals surface area contributed by atoms with E-state index >= 15 is 0 Å². The van der Waals surface area contributed by atoms with Gasteiger partial charge in [0.25, 0.3) is 0 Å². The molecule has 0 bridgehead atoms. The monoisotopic (exact) mass is 242 g/mol. The molecule has 4 N–H and O–H groups in total. The molecule has 0 amide bonds. The van der Waals surface area contributed by atoms with Crippen molar-refractivity contribution in [3.8, 4) is 0 Å². The van der Waals surface area contributed by atoms with Crippen LogP contribution in [0.4, 0.5) is 5.69 Å². The van der Waals surface area contributed by atoms with Crippen molar-refractivity contribution in [1.82, 2.24) is 0 Å². The van der Waals surface area contributed by atoms with Gasteiger partial charge in [-0.05, 0) is 48.3 Å². The first-order chi connectivity index (χ1) is 8.56. The van der Waals surface area contributed by atoms with E-state index < -0.39 is 0 Å². The lowest BCUT2D eigenvalue weighted by molar-refractivity contribution is 0.958. The summed E-state index contributed by atoms with van der Waals surface area (Å²) in [5.41, 5.74) is 16.2. The number of benzene rings is 1. The highest BCUT2D eigenvalue weighted by Crippen LogP contribution is 2.23. The quantitative estimate of drug-likeness (QED) is 0.609. The van der Waals surface area contributed by atoms with Gasteiger partial charge in [0.2, 0.25) is 0 Å². The van der Waals surface area contributed by atoms with Crippen LogP contribution in [-0.2, 0) is 0 Å². The second kappa shape index (κ2) is 6.70. The predicted molar refractivity (Wildman–Crippen MR) is 80.9 cm³/mol. The average Bonchev–Trinajstić information content (AvgIpc) is 2.36. The lowest BCUT2D eigenvalue weighted by Gasteiger charge is -2.10. The number of hydrogen-bond donors (Lipinski definition) is 2. The fourth-order valence-corrected chi connectivity index (χ4v) is 1.66. The Morgan fingerprint density at radius 1 is 1.39 bits per heavy atom. The van der Waals surface area contributed by atoms with Crippen molar-refractivity contribution < 1.29 is 0 Å². The Bertz CT molecular complexity index is 482. The van der Waals surface area contributed by atoms with E-state index in [4.69, 9.17) is 11.5 Å². The molecule has 2 nitrogen and oxygen atoms in total. The Morgan fingerprint density at radius 2 is 2.11 bits per heavy atom. The van der Waals surface area contributed by atoms with Gasteiger partial charge in [-0.25, -0.2) is 0 Å². The van der Waals surface area contributed by atoms with E-state index in [0.717, 1.165) is 35.2 Å². The number of aryl methyl sites for hydroxylation is 1. The summed E-state index contributed by atoms with van der Waals surface area (Å²) in [7, 11) is 0. The van der Waals surface area contributed by atoms with E-state index in [9.17, 15) is 0 Å². The number of hydrogen-bond acceptors (Lipinski definition) is 2. The van der Waals surface area contributed by atoms with Gasteiger partial charge in [-0.1, -0.05) is 38.1 Å². The molecule has 0 saturated heterocycles. The van der Waals surface area contributed by atoms with Crippen LogP contribution in [0.5, 0.6) is 0 Å². The minimum atomic E-state index is 0.677. The molecule has 0 fully saturated rings. The topological polar surface area (TPSA) is 52.0 Å². The van der Waals surface area contributed by atoms with Crippen molar-refractivity contribution in [2.45, 2.75) is 26.7 Å². The van der Waals surface area contributed by atoms with Crippen LogP contribution in [-0.4, -0.2) is 0 Å². The van der Waals surface area contributed by atoms with E-state index in [2.05, 4.69) is 19.6 Å². The van der Waals surface area contributed by atoms with Crippen molar-refractivity contribution in [1.29, 1.82) is 0 Å². The Hall–Kier alpha value is -1.96. The van der Waals surface area contributed by atoms with Crippen LogP contribution >= 0.6 is 0 Å². The molecular weight excluding hydrogens is 220 g/mol. The van der Waals surface area contributed by atoms with E-state index in [1.165, 1.54) is 0 Å². The largest absolute Gasteiger partial charge is 0.399 e. The third kappa shape index (κ3) is 3.81. The normalized spacial score (nSPS) is 12.0. The summed E-state index contributed by atoms with van der Waals surface area (Å²) in [5.74, 6) is 0. The first kappa shape index (κ1) is 14.1. The molecule has 0 aromatic heterocycles. The zero-order valence-electron chi connectivity index (χ0n) is 11.2. The van der Waals surface area contributed by atoms with E-state index in [-0.39, 0.29) is 0 Å². The van der Waals surface area contributed by atoms with Gasteiger partial charge in [0, 0.05) is 11.4 Å². The molecule has 2 heteroatoms. The van der Waals surface area contributed by atoms with Crippen LogP contribution in [0.2, 0.25) is 0 Å². The highest BCUT2D eigenvalue weighted by atomic mass is 14.6. The molecule has 18 heavy (non-hydrogen) atoms. The van der Waals surface area contributed by atoms with Crippen LogP contribution in [0.15, 0.2) is 48.7 Å². The van der Waals surface area contributed by atoms with Gasteiger partial charge >= 0.3 is 0 Å². The number of unbranched alkanes of at least 4 members (excludes halogenated alkanes) is 1. The van der Waals surface area contributed by atoms with Gasteiger partial charge in [-0.15, -0.1) is 0 Å². The van der Waals surface area contributed by atoms with Crippen LogP contribution in [0.3, 0.4) is 0 Å². The van der Waals surface area contributed by atoms with Crippen molar-refractivity contribution in [3.05, 3.63) is 59.8 Å². The summed E-state index contributed by atoms with van der Waals surface area (Å²) < 4.78 is 0. The first-order valence-electron chi connectivity index (χ1n) is 6.24. The van der Waals surface area contributed by atoms with Gasteiger partial charge in [-0.3, -0.25) is 0 Å². The molecular formula is C16H22N2. The molecule has 0 spiro atoms. The molecule has 0 atom stereocenters. The van der Waals surface area contributed by atoms with Gasteiger partial charge < -0.3 is 11.5 Å². The third-order valence-electron chi connectivity index (χ3n) is 2.80. The minimum Gasteiger partial charge on any atom is -0.399 e. The smallest absolute Gasteiger partial charge is 0.0387 e. The molecule has 0 heterocycles. The summed E-state index contributed by atoms with van der Waals surface area (Å²) in [4.78, 5) is 0. The highest BCUT2D eigenvalue weighted by molar-refractivity contribution is 5.79. The standard InChI is InChI=1S/C16H22N2/c1-4-5-6-7-8-16(18)13(3)15-11-14(17)10-9-12(15)2/h6-11H,3-5,17-18H2,1-2H3/b7-6-,16-8+. The zero-order valence-corrected chi connectivity index (χ0v) is 11.2. The summed E-state index contributed by atoms with van der Waals surface area (Å²) >= 11 is 0. The molecule has 1 aromatic rings. The van der Waals surface area contributed by atoms with Gasteiger partial charge in [0.1, 0.15) is 0 Å². The number of allylic oxidation sites excluding steroid dienone is 4. The maximum absolute atomic E-state index is 6.02. The predicted octanol–water partition coefficient (Wildman–Crippen LogP) is 3.79. The number of nitrogens with two attached hydrogens (primary N) is 2. The van der Waals surface area contributed by atoms with Crippen molar-refractivity contribution in [2.24, 2.45) is 5.73 Å². The SMILES string of the molecule is C=C(/C(N)=C\C=C/CCC)c1cc(N)ccc1C. The highest BCUT2D eigenvalue weighted by Gasteiger charge is 2.05. The van der Waals surface area contributed by atoms with Gasteiger partial charge in [-0.2, -0.15) is 0 Å². The average molecular weight is 242 g/mol. The molecule has 0 aliphatic heterocycles. The lowest BCUT2D eigenvalue weighted by Crippen LogP contribution is -2.01. The molecule has 0 unspecified atom stereocenters. The molecule has 96 valence electrons. The third-order valence-corrected chi connectivity index (χ3v) is 2.80. The Labute approximate surface area is 110 Å². The Morgan fingerprint density at radius 3 is 2.78 bits per heavy atom. The summed E-state index contributed by atoms with van der Waals surface area (Å²) in [6, 6.07) is 5.78. The van der Waals surface area contributed by atoms with Crippen LogP contribution in [0, 0.1) is 6.92 Å². The summed E-state index contributed by atoms with van der Waals surface area (Å²) in [5, 5.41) is 0. The van der Waals surface area contributed by atoms with Crippen LogP contribution in [0.25, 0.3) is 5.57 Å². The van der Waals surface area contributed by atoms with Gasteiger partial charge in [0.05, 0.1) is 0 Å². The Balaban J connectivity index is 2.89. The van der Waals surface area contributed by atoms with Crippen molar-refractivity contribution in [3.63, 3.8) is 0 Å². The van der Waals surface area contributed by atoms with E-state index in [1.54, 1.807) is 0 Å². The second-order valence-corrected chi connectivity index (χ2v) is 4.39. The lowest BCUT2D eigenvalue weighted by atomic mass is 9.98. The van der Waals surface area contributed by atoms with E-state index in [0.29, 0.717) is 5.70 Å². The number of anilines is 1. The molecule has 0 aliphatic carbocycles. The molecule has 0 saturated carbocycles. The fourth-order valence-electron chi connectivity index (χ4n) is 1.66. The molecule has 1 rings (SSSR count). The number of rotatable bonds is 5. The summed E-state index contributed by atoms with van der Waals surface area (Å²) in [6.07, 6.45) is 8.17. The molecule has 0 aliphatic rings. The maximum Gasteiger partial charge on any atom is 0.0387 e. The molecule has 0 radical (unpaired) electrons. The minimum absolute atomic E-state index is 0.677. The van der Waals surface area contributed by atoms with Crippen molar-refractivity contribution in [2.75, 3.05) is 5.73 Å². The van der Waals surface area contributed by atoms with Crippen LogP contribution < -0.4 is 11.5 Å². The second-order valence-electron chi connectivity index (χ2n) is 4.39. The fraction of sp³-hybridized carbons (Fsp3) is 0.250. The molecule has 1 aromatic carbocycles.